The standard InChI is InChI=1S/C19H20N2S/c1-3-8-15(9-4-1)17-14-21-13-7-12-18(19(21)20-17)22-16-10-5-2-6-11-16/h1-6,8-11,17-18H,7,12-14H2. The van der Waals surface area contributed by atoms with Gasteiger partial charge < -0.3 is 4.90 Å². The van der Waals surface area contributed by atoms with E-state index < -0.39 is 0 Å². The van der Waals surface area contributed by atoms with Crippen molar-refractivity contribution in [3.05, 3.63) is 66.2 Å². The normalized spacial score (nSPS) is 24.0. The van der Waals surface area contributed by atoms with E-state index in [1.165, 1.54) is 29.1 Å². The Morgan fingerprint density at radius 1 is 0.955 bits per heavy atom. The highest BCUT2D eigenvalue weighted by atomic mass is 32.2. The van der Waals surface area contributed by atoms with Crippen molar-refractivity contribution in [2.24, 2.45) is 4.99 Å². The van der Waals surface area contributed by atoms with Gasteiger partial charge in [-0.2, -0.15) is 0 Å². The van der Waals surface area contributed by atoms with Crippen molar-refractivity contribution in [3.8, 4) is 0 Å². The van der Waals surface area contributed by atoms with E-state index in [1.54, 1.807) is 0 Å². The summed E-state index contributed by atoms with van der Waals surface area (Å²) in [4.78, 5) is 8.93. The van der Waals surface area contributed by atoms with Gasteiger partial charge in [0.25, 0.3) is 0 Å². The molecule has 0 N–H and O–H groups in total. The van der Waals surface area contributed by atoms with Crippen LogP contribution in [0, 0.1) is 0 Å². The first-order valence-electron chi connectivity index (χ1n) is 7.99. The summed E-state index contributed by atoms with van der Waals surface area (Å²) in [6.45, 7) is 2.21. The molecule has 22 heavy (non-hydrogen) atoms. The van der Waals surface area contributed by atoms with Crippen molar-refractivity contribution in [1.82, 2.24) is 4.90 Å². The van der Waals surface area contributed by atoms with Crippen LogP contribution in [0.1, 0.15) is 24.4 Å². The van der Waals surface area contributed by atoms with E-state index in [1.807, 2.05) is 11.8 Å². The molecule has 0 spiro atoms. The molecular formula is C19H20N2S. The van der Waals surface area contributed by atoms with E-state index in [0.717, 1.165) is 13.1 Å². The van der Waals surface area contributed by atoms with Crippen LogP contribution < -0.4 is 0 Å². The van der Waals surface area contributed by atoms with Gasteiger partial charge in [0.15, 0.2) is 0 Å². The predicted molar refractivity (Wildman–Crippen MR) is 93.5 cm³/mol. The molecule has 1 fully saturated rings. The van der Waals surface area contributed by atoms with Crippen molar-refractivity contribution in [1.29, 1.82) is 0 Å². The minimum absolute atomic E-state index is 0.313. The summed E-state index contributed by atoms with van der Waals surface area (Å²) in [6, 6.07) is 21.7. The molecule has 2 heterocycles. The van der Waals surface area contributed by atoms with Crippen LogP contribution >= 0.6 is 11.8 Å². The highest BCUT2D eigenvalue weighted by molar-refractivity contribution is 8.00. The number of thioether (sulfide) groups is 1. The van der Waals surface area contributed by atoms with E-state index in [-0.39, 0.29) is 0 Å². The van der Waals surface area contributed by atoms with E-state index in [0.29, 0.717) is 11.3 Å². The SMILES string of the molecule is c1ccc(SC2CCCN3CC(c4ccccc4)N=C23)cc1. The maximum absolute atomic E-state index is 5.08. The van der Waals surface area contributed by atoms with E-state index >= 15 is 0 Å². The molecule has 0 amide bonds. The zero-order valence-electron chi connectivity index (χ0n) is 12.6. The van der Waals surface area contributed by atoms with Gasteiger partial charge in [0.05, 0.1) is 11.3 Å². The van der Waals surface area contributed by atoms with Gasteiger partial charge in [-0.1, -0.05) is 48.5 Å². The van der Waals surface area contributed by atoms with Crippen LogP contribution in [-0.2, 0) is 0 Å². The number of hydrogen-bond donors (Lipinski definition) is 0. The van der Waals surface area contributed by atoms with Crippen LogP contribution in [0.15, 0.2) is 70.6 Å². The Morgan fingerprint density at radius 2 is 1.68 bits per heavy atom. The fraction of sp³-hybridized carbons (Fsp3) is 0.316. The van der Waals surface area contributed by atoms with Crippen molar-refractivity contribution in [2.75, 3.05) is 13.1 Å². The molecule has 2 aliphatic rings. The second kappa shape index (κ2) is 6.17. The van der Waals surface area contributed by atoms with Crippen LogP contribution in [0.4, 0.5) is 0 Å². The van der Waals surface area contributed by atoms with Gasteiger partial charge in [-0.05, 0) is 30.5 Å². The summed E-state index contributed by atoms with van der Waals surface area (Å²) < 4.78 is 0. The lowest BCUT2D eigenvalue weighted by atomic mass is 10.1. The summed E-state index contributed by atoms with van der Waals surface area (Å²) in [6.07, 6.45) is 2.50. The molecule has 0 bridgehead atoms. The first-order valence-corrected chi connectivity index (χ1v) is 8.87. The van der Waals surface area contributed by atoms with Gasteiger partial charge >= 0.3 is 0 Å². The predicted octanol–water partition coefficient (Wildman–Crippen LogP) is 4.40. The zero-order chi connectivity index (χ0) is 14.8. The quantitative estimate of drug-likeness (QED) is 0.835. The molecule has 0 aliphatic carbocycles. The van der Waals surface area contributed by atoms with Crippen LogP contribution in [-0.4, -0.2) is 29.1 Å². The van der Waals surface area contributed by atoms with Gasteiger partial charge in [-0.15, -0.1) is 11.8 Å². The molecule has 4 rings (SSSR count). The first kappa shape index (κ1) is 13.9. The average Bonchev–Trinajstić information content (AvgIpc) is 3.02. The fourth-order valence-electron chi connectivity index (χ4n) is 3.30. The van der Waals surface area contributed by atoms with E-state index in [4.69, 9.17) is 4.99 Å². The summed E-state index contributed by atoms with van der Waals surface area (Å²) in [5.41, 5.74) is 1.34. The molecule has 1 saturated heterocycles. The summed E-state index contributed by atoms with van der Waals surface area (Å²) >= 11 is 1.97. The highest BCUT2D eigenvalue weighted by Gasteiger charge is 2.34. The van der Waals surface area contributed by atoms with Gasteiger partial charge in [0, 0.05) is 18.0 Å². The number of piperidine rings is 1. The molecule has 2 unspecified atom stereocenters. The Hall–Kier alpha value is -1.74. The van der Waals surface area contributed by atoms with Crippen molar-refractivity contribution >= 4 is 17.6 Å². The van der Waals surface area contributed by atoms with Crippen molar-refractivity contribution in [3.63, 3.8) is 0 Å². The summed E-state index contributed by atoms with van der Waals surface area (Å²) in [7, 11) is 0. The lowest BCUT2D eigenvalue weighted by molar-refractivity contribution is 0.387. The number of fused-ring (bicyclic) bond motifs is 1. The average molecular weight is 308 g/mol. The van der Waals surface area contributed by atoms with Gasteiger partial charge in [0.1, 0.15) is 5.84 Å². The Kier molecular flexibility index (Phi) is 3.90. The van der Waals surface area contributed by atoms with Gasteiger partial charge in [0.2, 0.25) is 0 Å². The molecule has 2 atom stereocenters. The van der Waals surface area contributed by atoms with E-state index in [2.05, 4.69) is 65.6 Å². The smallest absolute Gasteiger partial charge is 0.113 e. The van der Waals surface area contributed by atoms with Crippen LogP contribution in [0.2, 0.25) is 0 Å². The molecule has 0 saturated carbocycles. The first-order chi connectivity index (χ1) is 10.9. The third kappa shape index (κ3) is 2.78. The lowest BCUT2D eigenvalue weighted by Crippen LogP contribution is -2.40. The number of rotatable bonds is 3. The monoisotopic (exact) mass is 308 g/mol. The Bertz CT molecular complexity index is 654. The second-order valence-electron chi connectivity index (χ2n) is 5.92. The minimum atomic E-state index is 0.313. The molecule has 2 aliphatic heterocycles. The molecule has 0 radical (unpaired) electrons. The number of hydrogen-bond acceptors (Lipinski definition) is 3. The molecule has 2 nitrogen and oxygen atoms in total. The number of amidine groups is 1. The number of nitrogens with zero attached hydrogens (tertiary/aromatic N) is 2. The molecule has 2 aromatic rings. The Labute approximate surface area is 136 Å². The van der Waals surface area contributed by atoms with Crippen LogP contribution in [0.3, 0.4) is 0 Å². The van der Waals surface area contributed by atoms with Gasteiger partial charge in [-0.25, -0.2) is 0 Å². The third-order valence-electron chi connectivity index (χ3n) is 4.39. The molecule has 2 aromatic carbocycles. The number of aliphatic imine (C=N–C) groups is 1. The van der Waals surface area contributed by atoms with Gasteiger partial charge in [-0.3, -0.25) is 4.99 Å². The second-order valence-corrected chi connectivity index (χ2v) is 7.20. The lowest BCUT2D eigenvalue weighted by Gasteiger charge is -2.31. The largest absolute Gasteiger partial charge is 0.357 e. The number of benzene rings is 2. The maximum Gasteiger partial charge on any atom is 0.113 e. The van der Waals surface area contributed by atoms with E-state index in [9.17, 15) is 0 Å². The topological polar surface area (TPSA) is 15.6 Å². The Morgan fingerprint density at radius 3 is 2.45 bits per heavy atom. The summed E-state index contributed by atoms with van der Waals surface area (Å²) in [5.74, 6) is 1.31. The van der Waals surface area contributed by atoms with Crippen LogP contribution in [0.25, 0.3) is 0 Å². The molecule has 3 heteroatoms. The fourth-order valence-corrected chi connectivity index (χ4v) is 4.55. The zero-order valence-corrected chi connectivity index (χ0v) is 13.4. The molecular weight excluding hydrogens is 288 g/mol. The van der Waals surface area contributed by atoms with Crippen molar-refractivity contribution in [2.45, 2.75) is 29.0 Å². The molecule has 112 valence electrons. The van der Waals surface area contributed by atoms with Crippen LogP contribution in [0.5, 0.6) is 0 Å². The Balaban J connectivity index is 1.56. The highest BCUT2D eigenvalue weighted by Crippen LogP contribution is 2.36. The summed E-state index contributed by atoms with van der Waals surface area (Å²) in [5, 5.41) is 0.505. The molecule has 0 aromatic heterocycles. The third-order valence-corrected chi connectivity index (χ3v) is 5.67. The minimum Gasteiger partial charge on any atom is -0.357 e. The maximum atomic E-state index is 5.08. The van der Waals surface area contributed by atoms with Crippen molar-refractivity contribution < 1.29 is 0 Å².